The number of nitrogens with one attached hydrogen (secondary N) is 1. The molecule has 3 nitrogen and oxygen atoms in total. The molecule has 2 aromatic rings. The molecule has 1 aromatic heterocycles. The predicted octanol–water partition coefficient (Wildman–Crippen LogP) is 2.75. The summed E-state index contributed by atoms with van der Waals surface area (Å²) < 4.78 is 0. The minimum Gasteiger partial charge on any atom is -0.385 e. The van der Waals surface area contributed by atoms with Gasteiger partial charge in [0.25, 0.3) is 0 Å². The first-order valence-electron chi connectivity index (χ1n) is 5.41. The van der Waals surface area contributed by atoms with Crippen LogP contribution in [0.4, 0.5) is 10.8 Å². The van der Waals surface area contributed by atoms with Gasteiger partial charge in [0.05, 0.1) is 5.69 Å². The van der Waals surface area contributed by atoms with Gasteiger partial charge in [-0.25, -0.2) is 4.98 Å². The number of aryl methyl sites for hydroxylation is 1. The van der Waals surface area contributed by atoms with E-state index in [9.17, 15) is 0 Å². The molecule has 0 amide bonds. The van der Waals surface area contributed by atoms with Crippen LogP contribution in [0.25, 0.3) is 11.3 Å². The molecule has 0 aliphatic carbocycles. The molecule has 82 valence electrons. The fourth-order valence-corrected chi connectivity index (χ4v) is 2.63. The van der Waals surface area contributed by atoms with Crippen LogP contribution >= 0.6 is 11.3 Å². The second-order valence-electron chi connectivity index (χ2n) is 3.97. The van der Waals surface area contributed by atoms with Crippen LogP contribution in [-0.2, 0) is 6.42 Å². The Bertz CT molecular complexity index is 519. The van der Waals surface area contributed by atoms with Gasteiger partial charge in [-0.05, 0) is 30.5 Å². The van der Waals surface area contributed by atoms with Gasteiger partial charge < -0.3 is 11.1 Å². The van der Waals surface area contributed by atoms with Crippen LogP contribution in [0.3, 0.4) is 0 Å². The van der Waals surface area contributed by atoms with E-state index in [-0.39, 0.29) is 0 Å². The summed E-state index contributed by atoms with van der Waals surface area (Å²) in [5.74, 6) is 0. The Morgan fingerprint density at radius 1 is 1.38 bits per heavy atom. The molecule has 0 radical (unpaired) electrons. The van der Waals surface area contributed by atoms with E-state index in [1.807, 2.05) is 5.38 Å². The number of nitrogens with zero attached hydrogens (tertiary/aromatic N) is 1. The third kappa shape index (κ3) is 1.65. The third-order valence-electron chi connectivity index (χ3n) is 2.86. The van der Waals surface area contributed by atoms with Crippen molar-refractivity contribution < 1.29 is 0 Å². The zero-order valence-corrected chi connectivity index (χ0v) is 9.68. The van der Waals surface area contributed by atoms with Gasteiger partial charge in [-0.2, -0.15) is 0 Å². The first-order chi connectivity index (χ1) is 7.83. The normalized spacial score (nSPS) is 14.2. The van der Waals surface area contributed by atoms with Crippen LogP contribution in [0, 0.1) is 0 Å². The van der Waals surface area contributed by atoms with Crippen LogP contribution in [0.15, 0.2) is 23.6 Å². The standard InChI is InChI=1S/C12H13N3S/c13-12-15-11(7-16-12)9-3-4-10-8(6-9)2-1-5-14-10/h3-4,6-7,14H,1-2,5H2,(H2,13,15). The molecule has 0 atom stereocenters. The molecular formula is C12H13N3S. The Kier molecular flexibility index (Phi) is 2.29. The zero-order valence-electron chi connectivity index (χ0n) is 8.86. The Morgan fingerprint density at radius 3 is 3.12 bits per heavy atom. The van der Waals surface area contributed by atoms with Crippen LogP contribution in [-0.4, -0.2) is 11.5 Å². The monoisotopic (exact) mass is 231 g/mol. The molecule has 0 fully saturated rings. The molecular weight excluding hydrogens is 218 g/mol. The maximum atomic E-state index is 5.65. The number of hydrogen-bond donors (Lipinski definition) is 2. The molecule has 0 saturated heterocycles. The van der Waals surface area contributed by atoms with E-state index >= 15 is 0 Å². The number of thiazole rings is 1. The van der Waals surface area contributed by atoms with Gasteiger partial charge in [0.15, 0.2) is 5.13 Å². The fraction of sp³-hybridized carbons (Fsp3) is 0.250. The largest absolute Gasteiger partial charge is 0.385 e. The first kappa shape index (κ1) is 9.66. The van der Waals surface area contributed by atoms with E-state index in [0.717, 1.165) is 24.2 Å². The number of fused-ring (bicyclic) bond motifs is 1. The summed E-state index contributed by atoms with van der Waals surface area (Å²) in [6.07, 6.45) is 2.35. The summed E-state index contributed by atoms with van der Waals surface area (Å²) >= 11 is 1.49. The van der Waals surface area contributed by atoms with Crippen molar-refractivity contribution in [1.29, 1.82) is 0 Å². The topological polar surface area (TPSA) is 50.9 Å². The van der Waals surface area contributed by atoms with Crippen LogP contribution in [0.2, 0.25) is 0 Å². The average Bonchev–Trinajstić information content (AvgIpc) is 2.75. The number of nitrogen functional groups attached to an aromatic ring is 1. The molecule has 16 heavy (non-hydrogen) atoms. The average molecular weight is 231 g/mol. The lowest BCUT2D eigenvalue weighted by Gasteiger charge is -2.18. The van der Waals surface area contributed by atoms with Gasteiger partial charge in [0.2, 0.25) is 0 Å². The molecule has 3 N–H and O–H groups in total. The number of hydrogen-bond acceptors (Lipinski definition) is 4. The molecule has 1 aliphatic rings. The molecule has 4 heteroatoms. The zero-order chi connectivity index (χ0) is 11.0. The van der Waals surface area contributed by atoms with Crippen molar-refractivity contribution in [2.75, 3.05) is 17.6 Å². The quantitative estimate of drug-likeness (QED) is 0.793. The number of rotatable bonds is 1. The van der Waals surface area contributed by atoms with Gasteiger partial charge >= 0.3 is 0 Å². The third-order valence-corrected chi connectivity index (χ3v) is 3.54. The molecule has 0 saturated carbocycles. The fourth-order valence-electron chi connectivity index (χ4n) is 2.05. The smallest absolute Gasteiger partial charge is 0.180 e. The van der Waals surface area contributed by atoms with Gasteiger partial charge in [0.1, 0.15) is 0 Å². The molecule has 1 aliphatic heterocycles. The minimum absolute atomic E-state index is 0.630. The minimum atomic E-state index is 0.630. The summed E-state index contributed by atoms with van der Waals surface area (Å²) in [5, 5.41) is 6.04. The van der Waals surface area contributed by atoms with Gasteiger partial charge in [0, 0.05) is 23.2 Å². The highest BCUT2D eigenvalue weighted by Crippen LogP contribution is 2.29. The Balaban J connectivity index is 2.02. The maximum absolute atomic E-state index is 5.65. The highest BCUT2D eigenvalue weighted by Gasteiger charge is 2.10. The molecule has 1 aromatic carbocycles. The van der Waals surface area contributed by atoms with E-state index in [0.29, 0.717) is 5.13 Å². The summed E-state index contributed by atoms with van der Waals surface area (Å²) in [6.45, 7) is 1.08. The Hall–Kier alpha value is -1.55. The van der Waals surface area contributed by atoms with Crippen LogP contribution in [0.5, 0.6) is 0 Å². The second-order valence-corrected chi connectivity index (χ2v) is 4.86. The molecule has 3 rings (SSSR count). The van der Waals surface area contributed by atoms with Gasteiger partial charge in [-0.15, -0.1) is 11.3 Å². The van der Waals surface area contributed by atoms with Crippen LogP contribution < -0.4 is 11.1 Å². The van der Waals surface area contributed by atoms with Crippen molar-refractivity contribution in [3.63, 3.8) is 0 Å². The molecule has 0 unspecified atom stereocenters. The van der Waals surface area contributed by atoms with Crippen molar-refractivity contribution in [3.05, 3.63) is 29.1 Å². The van der Waals surface area contributed by atoms with Crippen molar-refractivity contribution in [2.24, 2.45) is 0 Å². The summed E-state index contributed by atoms with van der Waals surface area (Å²) in [6, 6.07) is 6.46. The lowest BCUT2D eigenvalue weighted by Crippen LogP contribution is -2.11. The lowest BCUT2D eigenvalue weighted by molar-refractivity contribution is 0.830. The van der Waals surface area contributed by atoms with Gasteiger partial charge in [-0.3, -0.25) is 0 Å². The molecule has 0 bridgehead atoms. The summed E-state index contributed by atoms with van der Waals surface area (Å²) in [4.78, 5) is 4.31. The van der Waals surface area contributed by atoms with E-state index in [1.165, 1.54) is 29.0 Å². The lowest BCUT2D eigenvalue weighted by atomic mass is 10.00. The first-order valence-corrected chi connectivity index (χ1v) is 6.29. The van der Waals surface area contributed by atoms with Gasteiger partial charge in [-0.1, -0.05) is 6.07 Å². The van der Waals surface area contributed by atoms with Crippen molar-refractivity contribution >= 4 is 22.2 Å². The van der Waals surface area contributed by atoms with Crippen molar-refractivity contribution in [2.45, 2.75) is 12.8 Å². The molecule has 0 spiro atoms. The number of anilines is 2. The number of benzene rings is 1. The van der Waals surface area contributed by atoms with E-state index in [4.69, 9.17) is 5.73 Å². The molecule has 2 heterocycles. The van der Waals surface area contributed by atoms with E-state index < -0.39 is 0 Å². The van der Waals surface area contributed by atoms with Crippen molar-refractivity contribution in [1.82, 2.24) is 4.98 Å². The summed E-state index contributed by atoms with van der Waals surface area (Å²) in [7, 11) is 0. The highest BCUT2D eigenvalue weighted by atomic mass is 32.1. The van der Waals surface area contributed by atoms with E-state index in [2.05, 4.69) is 28.5 Å². The maximum Gasteiger partial charge on any atom is 0.180 e. The van der Waals surface area contributed by atoms with Crippen molar-refractivity contribution in [3.8, 4) is 11.3 Å². The number of nitrogens with two attached hydrogens (primary N) is 1. The highest BCUT2D eigenvalue weighted by molar-refractivity contribution is 7.13. The second kappa shape index (κ2) is 3.79. The Labute approximate surface area is 98.3 Å². The SMILES string of the molecule is Nc1nc(-c2ccc3c(c2)CCCN3)cs1. The van der Waals surface area contributed by atoms with E-state index in [1.54, 1.807) is 0 Å². The Morgan fingerprint density at radius 2 is 2.31 bits per heavy atom. The summed E-state index contributed by atoms with van der Waals surface area (Å²) in [5.41, 5.74) is 10.4. The predicted molar refractivity (Wildman–Crippen MR) is 68.8 cm³/mol. The number of aromatic nitrogens is 1. The van der Waals surface area contributed by atoms with Crippen LogP contribution in [0.1, 0.15) is 12.0 Å².